The highest BCUT2D eigenvalue weighted by Crippen LogP contribution is 2.25. The molecule has 11 heterocycles. The summed E-state index contributed by atoms with van der Waals surface area (Å²) in [6.45, 7) is 64.0. The molecule has 12 aromatic rings. The van der Waals surface area contributed by atoms with Gasteiger partial charge in [-0.1, -0.05) is 223 Å². The van der Waals surface area contributed by atoms with Gasteiger partial charge in [0.25, 0.3) is 0 Å². The predicted molar refractivity (Wildman–Crippen MR) is 450 cm³/mol. The molecule has 0 unspecified atom stereocenters. The number of nitrogens with zero attached hydrogens (tertiary/aromatic N) is 21. The van der Waals surface area contributed by atoms with Gasteiger partial charge in [-0.2, -0.15) is 20.4 Å². The Balaban J connectivity index is 0.000000411. The van der Waals surface area contributed by atoms with Crippen molar-refractivity contribution in [3.05, 3.63) is 278 Å². The second-order valence-corrected chi connectivity index (χ2v) is 34.8. The monoisotopic (exact) mass is 1490 g/mol. The van der Waals surface area contributed by atoms with Crippen LogP contribution in [-0.4, -0.2) is 105 Å². The number of rotatable bonds is 3. The third-order valence-electron chi connectivity index (χ3n) is 15.3. The lowest BCUT2D eigenvalue weighted by atomic mass is 9.88. The highest BCUT2D eigenvalue weighted by atomic mass is 15.4. The van der Waals surface area contributed by atoms with E-state index in [0.717, 1.165) is 45.5 Å². The molecule has 0 aliphatic heterocycles. The van der Waals surface area contributed by atoms with Crippen LogP contribution in [0.3, 0.4) is 0 Å². The Hall–Kier alpha value is -10.4. The van der Waals surface area contributed by atoms with Crippen LogP contribution in [0.15, 0.2) is 222 Å². The second-order valence-electron chi connectivity index (χ2n) is 34.8. The average molecular weight is 1490 g/mol. The van der Waals surface area contributed by atoms with Crippen molar-refractivity contribution in [2.24, 2.45) is 0 Å². The van der Waals surface area contributed by atoms with Crippen LogP contribution in [0.4, 0.5) is 0 Å². The predicted octanol–water partition coefficient (Wildman–Crippen LogP) is 20.6. The zero-order valence-corrected chi connectivity index (χ0v) is 71.9. The summed E-state index contributed by atoms with van der Waals surface area (Å²) < 4.78 is 1.93. The van der Waals surface area contributed by atoms with E-state index in [1.807, 2.05) is 115 Å². The number of benzene rings is 1. The SMILES string of the molecule is CC(C)(C)c1ccccn1.CC(C)(C)c1cccnc1.CC(C)(C)c1ccncc1.CC(C)(C)c1ccncn1.CC(C)(C)c1cnccn1.CC(C)(C)c1cncnc1.CC(C)(C)c1ncccn1.CC(C)(C)c1ncncn1.CC(C)c1cccnn1.CC(C)c1ccnnc1.CC(C)n1nnc2ccccc21. The standard InChI is InChI=1S/C9H11N3.3C9H13N.4C8H12N2.C7H11N3.2C7H10N2/c1-7(2)12-9-6-4-3-5-8(9)10-11-12;1-9(2,3)8-4-6-10-7-5-8;1-9(2,3)8-5-4-6-10-7-8;1-9(2,3)8-6-4-5-7-10-8;1-8(2,3)7-4-9-6-10-5-7;1-8(2,3)7-6-9-4-5-10-7;1-8(2,3)7-4-5-9-6-10-7;1-8(2,3)7-9-5-4-6-10-7;1-7(2,3)6-9-4-8-5-10-6;1-6(2)7-3-4-8-9-5-7;1-6(2)7-4-3-5-8-9-7/h3-7H,1-2H3;3*4-7H,1-3H3;4*4-6H,1-3H3;4-5H,1-3H3;2*3-6H,1-2H3. The van der Waals surface area contributed by atoms with E-state index in [0.29, 0.717) is 17.9 Å². The lowest BCUT2D eigenvalue weighted by molar-refractivity contribution is 0.530. The van der Waals surface area contributed by atoms with Crippen molar-refractivity contribution in [3.8, 4) is 0 Å². The molecule has 110 heavy (non-hydrogen) atoms. The smallest absolute Gasteiger partial charge is 0.137 e. The molecule has 0 radical (unpaired) electrons. The summed E-state index contributed by atoms with van der Waals surface area (Å²) in [5.41, 5.74) is 12.6. The van der Waals surface area contributed by atoms with Crippen LogP contribution in [0.2, 0.25) is 0 Å². The third kappa shape index (κ3) is 40.7. The maximum absolute atomic E-state index is 4.25. The van der Waals surface area contributed by atoms with E-state index in [1.165, 1.54) is 34.9 Å². The van der Waals surface area contributed by atoms with Crippen molar-refractivity contribution >= 4 is 11.0 Å². The Morgan fingerprint density at radius 3 is 1.14 bits per heavy atom. The van der Waals surface area contributed by atoms with Crippen LogP contribution in [0.25, 0.3) is 11.0 Å². The molecule has 0 atom stereocenters. The molecule has 0 saturated heterocycles. The average Bonchev–Trinajstić information content (AvgIpc) is 1.68. The van der Waals surface area contributed by atoms with Crippen LogP contribution in [0.5, 0.6) is 0 Å². The van der Waals surface area contributed by atoms with E-state index in [1.54, 1.807) is 74.6 Å². The summed E-state index contributed by atoms with van der Waals surface area (Å²) in [5.74, 6) is 2.77. The van der Waals surface area contributed by atoms with E-state index in [9.17, 15) is 0 Å². The van der Waals surface area contributed by atoms with Crippen LogP contribution < -0.4 is 0 Å². The molecule has 12 rings (SSSR count). The topological polar surface area (TPSA) is 263 Å². The van der Waals surface area contributed by atoms with Gasteiger partial charge in [-0.15, -0.1) is 5.10 Å². The summed E-state index contributed by atoms with van der Waals surface area (Å²) >= 11 is 0. The number of pyridine rings is 3. The maximum atomic E-state index is 4.25. The zero-order chi connectivity index (χ0) is 82.8. The molecule has 1 aromatic carbocycles. The van der Waals surface area contributed by atoms with Crippen molar-refractivity contribution in [2.75, 3.05) is 0 Å². The highest BCUT2D eigenvalue weighted by Gasteiger charge is 2.19. The molecule has 21 heteroatoms. The maximum Gasteiger partial charge on any atom is 0.137 e. The summed E-state index contributed by atoms with van der Waals surface area (Å²) in [5, 5.41) is 23.2. The minimum atomic E-state index is 0.0307. The Bertz CT molecular complexity index is 3600. The first-order chi connectivity index (χ1) is 51.2. The highest BCUT2D eigenvalue weighted by molar-refractivity contribution is 5.73. The van der Waals surface area contributed by atoms with Crippen molar-refractivity contribution in [1.82, 2.24) is 105 Å². The molecular formula is C89H129N21. The lowest BCUT2D eigenvalue weighted by Crippen LogP contribution is -2.15. The molecule has 0 bridgehead atoms. The Kier molecular flexibility index (Phi) is 40.7. The molecule has 0 amide bonds. The molecular weight excluding hydrogens is 1360 g/mol. The molecule has 0 saturated carbocycles. The summed E-state index contributed by atoms with van der Waals surface area (Å²) in [6.07, 6.45) is 34.8. The normalized spacial score (nSPS) is 11.2. The van der Waals surface area contributed by atoms with Gasteiger partial charge in [-0.05, 0) is 137 Å². The van der Waals surface area contributed by atoms with Gasteiger partial charge < -0.3 is 0 Å². The first kappa shape index (κ1) is 95.6. The van der Waals surface area contributed by atoms with E-state index in [2.05, 4.69) is 332 Å². The second kappa shape index (κ2) is 46.8. The van der Waals surface area contributed by atoms with E-state index in [4.69, 9.17) is 0 Å². The zero-order valence-electron chi connectivity index (χ0n) is 71.9. The fraction of sp³-hybridized carbons (Fsp3) is 0.461. The van der Waals surface area contributed by atoms with Crippen molar-refractivity contribution in [1.29, 1.82) is 0 Å². The minimum absolute atomic E-state index is 0.0307. The van der Waals surface area contributed by atoms with Gasteiger partial charge in [0, 0.05) is 137 Å². The molecule has 0 aliphatic carbocycles. The number of para-hydroxylation sites is 1. The number of aromatic nitrogens is 21. The van der Waals surface area contributed by atoms with E-state index >= 15 is 0 Å². The molecule has 11 aromatic heterocycles. The van der Waals surface area contributed by atoms with Gasteiger partial charge in [0.05, 0.1) is 23.1 Å². The number of fused-ring (bicyclic) bond motifs is 1. The summed E-state index contributed by atoms with van der Waals surface area (Å²) in [7, 11) is 0. The molecule has 0 N–H and O–H groups in total. The van der Waals surface area contributed by atoms with Crippen molar-refractivity contribution in [2.45, 2.75) is 269 Å². The fourth-order valence-electron chi connectivity index (χ4n) is 8.42. The van der Waals surface area contributed by atoms with Crippen LogP contribution >= 0.6 is 0 Å². The van der Waals surface area contributed by atoms with Crippen LogP contribution in [0.1, 0.15) is 282 Å². The fourth-order valence-corrected chi connectivity index (χ4v) is 8.42. The Morgan fingerprint density at radius 1 is 0.273 bits per heavy atom. The van der Waals surface area contributed by atoms with Gasteiger partial charge in [0.1, 0.15) is 42.5 Å². The molecule has 0 spiro atoms. The summed E-state index contributed by atoms with van der Waals surface area (Å²) in [4.78, 5) is 56.4. The van der Waals surface area contributed by atoms with Gasteiger partial charge in [0.2, 0.25) is 0 Å². The van der Waals surface area contributed by atoms with E-state index in [-0.39, 0.29) is 43.3 Å². The van der Waals surface area contributed by atoms with Gasteiger partial charge in [0.15, 0.2) is 0 Å². The molecule has 0 fully saturated rings. The number of hydrogen-bond acceptors (Lipinski definition) is 20. The Labute approximate surface area is 659 Å². The minimum Gasteiger partial charge on any atom is -0.265 e. The first-order valence-electron chi connectivity index (χ1n) is 37.5. The largest absolute Gasteiger partial charge is 0.265 e. The van der Waals surface area contributed by atoms with Crippen molar-refractivity contribution < 1.29 is 0 Å². The van der Waals surface area contributed by atoms with Gasteiger partial charge in [-0.25, -0.2) is 49.5 Å². The summed E-state index contributed by atoms with van der Waals surface area (Å²) in [6, 6.07) is 32.2. The Morgan fingerprint density at radius 2 is 0.782 bits per heavy atom. The van der Waals surface area contributed by atoms with Gasteiger partial charge >= 0.3 is 0 Å². The molecule has 0 aliphatic rings. The molecule has 590 valence electrons. The molecule has 21 nitrogen and oxygen atoms in total. The van der Waals surface area contributed by atoms with Crippen molar-refractivity contribution in [3.63, 3.8) is 0 Å². The van der Waals surface area contributed by atoms with Gasteiger partial charge in [-0.3, -0.25) is 24.9 Å². The lowest BCUT2D eigenvalue weighted by Gasteiger charge is -2.17. The van der Waals surface area contributed by atoms with E-state index < -0.39 is 0 Å². The van der Waals surface area contributed by atoms with Crippen LogP contribution in [-0.2, 0) is 43.3 Å². The van der Waals surface area contributed by atoms with Crippen LogP contribution in [0, 0.1) is 0 Å². The third-order valence-corrected chi connectivity index (χ3v) is 15.3. The first-order valence-corrected chi connectivity index (χ1v) is 37.5. The quantitative estimate of drug-likeness (QED) is 0.159. The number of hydrogen-bond donors (Lipinski definition) is 0.